The third-order valence-corrected chi connectivity index (χ3v) is 5.63. The topological polar surface area (TPSA) is 69.7 Å². The van der Waals surface area contributed by atoms with E-state index >= 15 is 0 Å². The number of hydrogen-bond acceptors (Lipinski definition) is 3. The molecule has 0 unspecified atom stereocenters. The lowest BCUT2D eigenvalue weighted by Crippen LogP contribution is -2.30. The lowest BCUT2D eigenvalue weighted by molar-refractivity contribution is 0.597. The van der Waals surface area contributed by atoms with Gasteiger partial charge in [0.15, 0.2) is 0 Å². The number of aromatic amines is 2. The number of nitrogens with zero attached hydrogens (tertiary/aromatic N) is 3. The van der Waals surface area contributed by atoms with Crippen LogP contribution in [0.2, 0.25) is 0 Å². The van der Waals surface area contributed by atoms with Crippen molar-refractivity contribution in [2.24, 2.45) is 10.4 Å². The monoisotopic (exact) mass is 407 g/mol. The Balaban J connectivity index is 2.06. The Labute approximate surface area is 180 Å². The van der Waals surface area contributed by atoms with E-state index in [2.05, 4.69) is 72.4 Å². The molecule has 0 radical (unpaired) electrons. The summed E-state index contributed by atoms with van der Waals surface area (Å²) in [6.45, 7) is 13.0. The van der Waals surface area contributed by atoms with E-state index in [4.69, 9.17) is 4.99 Å². The molecule has 0 saturated carbocycles. The van der Waals surface area contributed by atoms with Gasteiger partial charge in [-0.25, -0.2) is 0 Å². The number of aromatic nitrogens is 4. The van der Waals surface area contributed by atoms with Crippen LogP contribution in [0.25, 0.3) is 34.1 Å². The van der Waals surface area contributed by atoms with E-state index in [0.29, 0.717) is 0 Å². The number of pyridine rings is 2. The van der Waals surface area contributed by atoms with Crippen LogP contribution in [-0.4, -0.2) is 25.6 Å². The highest BCUT2D eigenvalue weighted by atomic mass is 14.9. The van der Waals surface area contributed by atoms with Crippen molar-refractivity contribution >= 4 is 45.5 Å². The van der Waals surface area contributed by atoms with E-state index in [9.17, 15) is 0 Å². The number of aliphatic imine (C=N–C) groups is 1. The molecule has 0 fully saturated rings. The Morgan fingerprint density at radius 3 is 2.39 bits per heavy atom. The van der Waals surface area contributed by atoms with Gasteiger partial charge in [-0.2, -0.15) is 0 Å². The number of benzene rings is 1. The minimum atomic E-state index is -0.141. The van der Waals surface area contributed by atoms with E-state index in [1.165, 1.54) is 0 Å². The van der Waals surface area contributed by atoms with Crippen molar-refractivity contribution in [2.75, 3.05) is 0 Å². The highest BCUT2D eigenvalue weighted by Gasteiger charge is 2.31. The van der Waals surface area contributed by atoms with Crippen LogP contribution < -0.4 is 10.8 Å². The Hall–Kier alpha value is -3.73. The van der Waals surface area contributed by atoms with Crippen molar-refractivity contribution in [2.45, 2.75) is 27.7 Å². The normalized spacial score (nSPS) is 15.2. The Kier molecular flexibility index (Phi) is 4.29. The number of rotatable bonds is 0. The second kappa shape index (κ2) is 6.91. The van der Waals surface area contributed by atoms with Gasteiger partial charge in [0.2, 0.25) is 0 Å². The van der Waals surface area contributed by atoms with Crippen molar-refractivity contribution in [3.63, 3.8) is 0 Å². The first-order valence-electron chi connectivity index (χ1n) is 10.4. The van der Waals surface area contributed by atoms with Gasteiger partial charge in [0, 0.05) is 39.7 Å². The molecule has 0 spiro atoms. The number of aryl methyl sites for hydroxylation is 1. The molecule has 1 aliphatic heterocycles. The van der Waals surface area contributed by atoms with E-state index in [1.54, 1.807) is 12.4 Å². The lowest BCUT2D eigenvalue weighted by Gasteiger charge is -2.20. The molecule has 0 atom stereocenters. The smallest absolute Gasteiger partial charge is 0.118 e. The maximum atomic E-state index is 5.08. The molecule has 0 saturated heterocycles. The summed E-state index contributed by atoms with van der Waals surface area (Å²) in [6, 6.07) is 14.2. The molecule has 1 aliphatic rings. The highest BCUT2D eigenvalue weighted by molar-refractivity contribution is 6.30. The summed E-state index contributed by atoms with van der Waals surface area (Å²) < 4.78 is 0. The fraction of sp³-hybridized carbons (Fsp3) is 0.192. The zero-order valence-electron chi connectivity index (χ0n) is 18.2. The van der Waals surface area contributed by atoms with Crippen LogP contribution in [-0.2, 0) is 0 Å². The summed E-state index contributed by atoms with van der Waals surface area (Å²) in [5.41, 5.74) is 8.62. The van der Waals surface area contributed by atoms with Gasteiger partial charge in [0.1, 0.15) is 11.0 Å². The molecule has 4 heterocycles. The van der Waals surface area contributed by atoms with Crippen LogP contribution in [0, 0.1) is 12.3 Å². The van der Waals surface area contributed by atoms with Crippen LogP contribution in [0.4, 0.5) is 5.69 Å². The van der Waals surface area contributed by atoms with Gasteiger partial charge in [-0.05, 0) is 36.8 Å². The van der Waals surface area contributed by atoms with Gasteiger partial charge < -0.3 is 9.97 Å². The van der Waals surface area contributed by atoms with Crippen molar-refractivity contribution < 1.29 is 0 Å². The predicted molar refractivity (Wildman–Crippen MR) is 128 cm³/mol. The molecule has 5 heteroatoms. The van der Waals surface area contributed by atoms with Gasteiger partial charge in [-0.15, -0.1) is 0 Å². The Morgan fingerprint density at radius 2 is 1.61 bits per heavy atom. The second-order valence-electron chi connectivity index (χ2n) is 8.96. The zero-order valence-corrected chi connectivity index (χ0v) is 18.2. The van der Waals surface area contributed by atoms with E-state index in [-0.39, 0.29) is 5.41 Å². The second-order valence-corrected chi connectivity index (χ2v) is 8.96. The van der Waals surface area contributed by atoms with Crippen LogP contribution in [0.15, 0.2) is 59.9 Å². The Morgan fingerprint density at radius 1 is 0.871 bits per heavy atom. The minimum Gasteiger partial charge on any atom is -0.341 e. The SMILES string of the molecule is C=c1[nH]c(=C2C(C(C)(C)C)=Nc3c(C)cccc32)[nH]c2cccnc2c2ncccc12. The molecular weight excluding hydrogens is 382 g/mol. The molecule has 0 aliphatic carbocycles. The third-order valence-electron chi connectivity index (χ3n) is 5.63. The fourth-order valence-electron chi connectivity index (χ4n) is 4.14. The highest BCUT2D eigenvalue weighted by Crippen LogP contribution is 2.40. The minimum absolute atomic E-state index is 0.141. The van der Waals surface area contributed by atoms with Crippen LogP contribution in [0.5, 0.6) is 0 Å². The van der Waals surface area contributed by atoms with E-state index < -0.39 is 0 Å². The number of para-hydroxylation sites is 1. The summed E-state index contributed by atoms with van der Waals surface area (Å²) in [4.78, 5) is 21.5. The first-order chi connectivity index (χ1) is 14.8. The maximum absolute atomic E-state index is 5.08. The van der Waals surface area contributed by atoms with Crippen molar-refractivity contribution in [3.8, 4) is 0 Å². The number of H-pyrrole nitrogens is 2. The summed E-state index contributed by atoms with van der Waals surface area (Å²) in [5, 5.41) is 1.70. The van der Waals surface area contributed by atoms with Crippen LogP contribution in [0.1, 0.15) is 31.9 Å². The molecule has 4 aromatic rings. The van der Waals surface area contributed by atoms with Crippen molar-refractivity contribution in [3.05, 3.63) is 76.8 Å². The Bertz CT molecular complexity index is 1540. The zero-order chi connectivity index (χ0) is 21.8. The molecule has 3 aromatic heterocycles. The van der Waals surface area contributed by atoms with Gasteiger partial charge >= 0.3 is 0 Å². The largest absolute Gasteiger partial charge is 0.341 e. The van der Waals surface area contributed by atoms with Crippen LogP contribution in [0.3, 0.4) is 0 Å². The molecular formula is C26H25N5. The lowest BCUT2D eigenvalue weighted by atomic mass is 9.84. The molecule has 0 amide bonds. The van der Waals surface area contributed by atoms with Gasteiger partial charge in [0.05, 0.1) is 22.4 Å². The molecule has 1 aromatic carbocycles. The van der Waals surface area contributed by atoms with Crippen LogP contribution >= 0.6 is 0 Å². The number of hydrogen-bond donors (Lipinski definition) is 2. The summed E-state index contributed by atoms with van der Waals surface area (Å²) in [5.74, 6) is 0. The number of nitrogens with one attached hydrogen (secondary N) is 2. The quantitative estimate of drug-likeness (QED) is 0.447. The van der Waals surface area contributed by atoms with Gasteiger partial charge in [-0.1, -0.05) is 45.5 Å². The average molecular weight is 408 g/mol. The standard InChI is InChI=1S/C26H25N5/c1-15-9-6-10-18-20(24(26(3,4)5)31-21(15)18)25-29-16(2)17-11-7-13-27-22(17)23-19(30-25)12-8-14-28-23/h6-14,29-30H,2H2,1,3-5H3. The maximum Gasteiger partial charge on any atom is 0.118 e. The summed E-state index contributed by atoms with van der Waals surface area (Å²) in [7, 11) is 0. The predicted octanol–water partition coefficient (Wildman–Crippen LogP) is 4.61. The molecule has 154 valence electrons. The van der Waals surface area contributed by atoms with E-state index in [0.717, 1.165) is 60.9 Å². The first-order valence-corrected chi connectivity index (χ1v) is 10.4. The summed E-state index contributed by atoms with van der Waals surface area (Å²) in [6.07, 6.45) is 3.58. The van der Waals surface area contributed by atoms with Crippen molar-refractivity contribution in [1.29, 1.82) is 0 Å². The number of fused-ring (bicyclic) bond motifs is 4. The third kappa shape index (κ3) is 3.13. The van der Waals surface area contributed by atoms with Gasteiger partial charge in [0.25, 0.3) is 0 Å². The molecule has 5 rings (SSSR count). The fourth-order valence-corrected chi connectivity index (χ4v) is 4.14. The summed E-state index contributed by atoms with van der Waals surface area (Å²) >= 11 is 0. The first kappa shape index (κ1) is 19.2. The molecule has 5 nitrogen and oxygen atoms in total. The molecule has 2 N–H and O–H groups in total. The van der Waals surface area contributed by atoms with Gasteiger partial charge in [-0.3, -0.25) is 15.0 Å². The average Bonchev–Trinajstić information content (AvgIpc) is 3.14. The molecule has 31 heavy (non-hydrogen) atoms. The molecule has 0 bridgehead atoms. The van der Waals surface area contributed by atoms with Crippen molar-refractivity contribution in [1.82, 2.24) is 19.9 Å². The van der Waals surface area contributed by atoms with E-state index in [1.807, 2.05) is 24.3 Å².